The lowest BCUT2D eigenvalue weighted by atomic mass is 9.92. The van der Waals surface area contributed by atoms with Gasteiger partial charge in [-0.1, -0.05) is 0 Å². The number of alkyl halides is 12. The van der Waals surface area contributed by atoms with Crippen LogP contribution in [-0.2, 0) is 24.7 Å². The van der Waals surface area contributed by atoms with Crippen molar-refractivity contribution in [2.24, 2.45) is 0 Å². The Kier molecular flexibility index (Phi) is 9.27. The van der Waals surface area contributed by atoms with E-state index >= 15 is 17.6 Å². The Morgan fingerprint density at radius 2 is 0.625 bits per heavy atom. The molecule has 4 nitrogen and oxygen atoms in total. The monoisotopic (exact) mass is 700 g/mol. The van der Waals surface area contributed by atoms with E-state index in [1.54, 1.807) is 0 Å². The zero-order valence-electron chi connectivity index (χ0n) is 22.1. The van der Waals surface area contributed by atoms with Gasteiger partial charge in [-0.05, 0) is 35.4 Å². The maximum Gasteiger partial charge on any atom is 0.417 e. The minimum Gasteiger partial charge on any atom is -0.203 e. The second-order valence-corrected chi connectivity index (χ2v) is 9.09. The summed E-state index contributed by atoms with van der Waals surface area (Å²) in [6.07, 6.45) is -23.2. The average Bonchev–Trinajstić information content (AvgIpc) is 2.97. The standard InChI is InChI=1S/C28H4F16N4/c29-21-19(11(5-45)9-1-15(25(33,34)35)13(7-47)16(2-9)26(36,37)38)22(30)24(32)20(23(21)31)12(6-46)10-3-17(27(39,40)41)14(8-48)18(4-10)28(42,43)44/h1-4H. The third-order valence-corrected chi connectivity index (χ3v) is 6.29. The van der Waals surface area contributed by atoms with Crippen LogP contribution < -0.4 is 10.4 Å². The van der Waals surface area contributed by atoms with Crippen molar-refractivity contribution >= 4 is 11.1 Å². The SMILES string of the molecule is N#CC(c1cc(C(F)(F)F)c(C#N)c(C(F)(F)F)c1)=c1c(F)c(F)c(=C(C#N)c2cc(C(F)(F)F)c(C#N)c(C(F)(F)F)c2)c(F)c1F. The molecule has 0 heterocycles. The Morgan fingerprint density at radius 1 is 0.417 bits per heavy atom. The molecule has 3 aromatic rings. The molecule has 0 spiro atoms. The summed E-state index contributed by atoms with van der Waals surface area (Å²) in [7, 11) is 0. The molecule has 3 aromatic carbocycles. The van der Waals surface area contributed by atoms with Crippen LogP contribution in [0.2, 0.25) is 0 Å². The van der Waals surface area contributed by atoms with Crippen LogP contribution in [0.25, 0.3) is 11.1 Å². The first-order valence-electron chi connectivity index (χ1n) is 11.7. The lowest BCUT2D eigenvalue weighted by molar-refractivity contribution is -0.145. The van der Waals surface area contributed by atoms with Crippen molar-refractivity contribution in [3.63, 3.8) is 0 Å². The maximum absolute atomic E-state index is 15.3. The van der Waals surface area contributed by atoms with Gasteiger partial charge in [0.2, 0.25) is 0 Å². The van der Waals surface area contributed by atoms with E-state index in [2.05, 4.69) is 0 Å². The molecule has 48 heavy (non-hydrogen) atoms. The molecule has 0 atom stereocenters. The molecule has 248 valence electrons. The van der Waals surface area contributed by atoms with E-state index in [0.717, 1.165) is 12.1 Å². The topological polar surface area (TPSA) is 95.2 Å². The predicted octanol–water partition coefficient (Wildman–Crippen LogP) is 7.51. The summed E-state index contributed by atoms with van der Waals surface area (Å²) in [6.45, 7) is 0. The molecule has 0 aliphatic rings. The minimum absolute atomic E-state index is 0.393. The molecule has 0 N–H and O–H groups in total. The molecular formula is C28H4F16N4. The lowest BCUT2D eigenvalue weighted by Crippen LogP contribution is -2.32. The summed E-state index contributed by atoms with van der Waals surface area (Å²) in [6, 6.07) is 1.19. The van der Waals surface area contributed by atoms with Gasteiger partial charge in [0.05, 0.1) is 55.0 Å². The van der Waals surface area contributed by atoms with Gasteiger partial charge in [0.1, 0.15) is 24.3 Å². The largest absolute Gasteiger partial charge is 0.417 e. The molecule has 3 rings (SSSR count). The number of benzene rings is 3. The number of hydrogen-bond donors (Lipinski definition) is 0. The summed E-state index contributed by atoms with van der Waals surface area (Å²) in [5.74, 6) is -11.4. The van der Waals surface area contributed by atoms with Gasteiger partial charge in [-0.15, -0.1) is 0 Å². The van der Waals surface area contributed by atoms with Crippen molar-refractivity contribution in [2.45, 2.75) is 24.7 Å². The van der Waals surface area contributed by atoms with Crippen LogP contribution in [-0.4, -0.2) is 0 Å². The molecular weight excluding hydrogens is 696 g/mol. The van der Waals surface area contributed by atoms with E-state index in [1.807, 2.05) is 0 Å². The third kappa shape index (κ3) is 6.42. The normalized spacial score (nSPS) is 12.1. The van der Waals surface area contributed by atoms with Crippen LogP contribution in [0.15, 0.2) is 24.3 Å². The van der Waals surface area contributed by atoms with Crippen LogP contribution in [0.5, 0.6) is 0 Å². The van der Waals surface area contributed by atoms with Gasteiger partial charge in [0, 0.05) is 0 Å². The van der Waals surface area contributed by atoms with Gasteiger partial charge in [0.25, 0.3) is 0 Å². The zero-order chi connectivity index (χ0) is 36.9. The molecule has 0 bridgehead atoms. The van der Waals surface area contributed by atoms with Crippen molar-refractivity contribution in [3.05, 3.63) is 102 Å². The average molecular weight is 700 g/mol. The van der Waals surface area contributed by atoms with Crippen molar-refractivity contribution in [1.29, 1.82) is 21.0 Å². The van der Waals surface area contributed by atoms with Gasteiger partial charge in [-0.2, -0.15) is 73.7 Å². The van der Waals surface area contributed by atoms with Gasteiger partial charge < -0.3 is 0 Å². The van der Waals surface area contributed by atoms with Crippen LogP contribution in [0.3, 0.4) is 0 Å². The highest BCUT2D eigenvalue weighted by Crippen LogP contribution is 2.42. The van der Waals surface area contributed by atoms with Crippen LogP contribution in [0.4, 0.5) is 70.2 Å². The zero-order valence-corrected chi connectivity index (χ0v) is 22.1. The summed E-state index contributed by atoms with van der Waals surface area (Å²) in [4.78, 5) is 0. The van der Waals surface area contributed by atoms with Gasteiger partial charge in [-0.25, -0.2) is 17.6 Å². The Labute approximate surface area is 254 Å². The first-order valence-corrected chi connectivity index (χ1v) is 11.7. The number of hydrogen-bond acceptors (Lipinski definition) is 4. The Balaban J connectivity index is 2.67. The van der Waals surface area contributed by atoms with E-state index in [1.165, 1.54) is 0 Å². The fraction of sp³-hybridized carbons (Fsp3) is 0.143. The van der Waals surface area contributed by atoms with E-state index in [0.29, 0.717) is 12.1 Å². The number of rotatable bonds is 2. The van der Waals surface area contributed by atoms with Crippen molar-refractivity contribution < 1.29 is 70.2 Å². The summed E-state index contributed by atoms with van der Waals surface area (Å²) < 4.78 is 224. The molecule has 0 aliphatic heterocycles. The van der Waals surface area contributed by atoms with Gasteiger partial charge in [0.15, 0.2) is 23.3 Å². The minimum atomic E-state index is -5.80. The smallest absolute Gasteiger partial charge is 0.203 e. The van der Waals surface area contributed by atoms with Crippen LogP contribution in [0, 0.1) is 68.6 Å². The number of halogens is 16. The lowest BCUT2D eigenvalue weighted by Gasteiger charge is -2.17. The molecule has 0 saturated heterocycles. The predicted molar refractivity (Wildman–Crippen MR) is 124 cm³/mol. The Bertz CT molecular complexity index is 1900. The number of nitrogens with zero attached hydrogens (tertiary/aromatic N) is 4. The summed E-state index contributed by atoms with van der Waals surface area (Å²) >= 11 is 0. The maximum atomic E-state index is 15.3. The highest BCUT2D eigenvalue weighted by Gasteiger charge is 2.43. The quantitative estimate of drug-likeness (QED) is 0.204. The molecule has 20 heteroatoms. The van der Waals surface area contributed by atoms with Crippen molar-refractivity contribution in [2.75, 3.05) is 0 Å². The molecule has 0 saturated carbocycles. The van der Waals surface area contributed by atoms with E-state index in [9.17, 15) is 63.2 Å². The Hall–Kier alpha value is -5.76. The van der Waals surface area contributed by atoms with E-state index in [4.69, 9.17) is 10.5 Å². The molecule has 0 unspecified atom stereocenters. The summed E-state index contributed by atoms with van der Waals surface area (Å²) in [5.41, 5.74) is -21.1. The fourth-order valence-corrected chi connectivity index (χ4v) is 4.31. The van der Waals surface area contributed by atoms with Crippen LogP contribution in [0.1, 0.15) is 44.5 Å². The molecule has 0 fully saturated rings. The van der Waals surface area contributed by atoms with Crippen LogP contribution >= 0.6 is 0 Å². The van der Waals surface area contributed by atoms with Crippen molar-refractivity contribution in [3.8, 4) is 24.3 Å². The first-order chi connectivity index (χ1) is 21.9. The molecule has 0 amide bonds. The third-order valence-electron chi connectivity index (χ3n) is 6.29. The van der Waals surface area contributed by atoms with E-state index in [-0.39, 0.29) is 0 Å². The molecule has 0 radical (unpaired) electrons. The van der Waals surface area contributed by atoms with Crippen molar-refractivity contribution in [1.82, 2.24) is 0 Å². The second-order valence-electron chi connectivity index (χ2n) is 9.09. The molecule has 0 aliphatic carbocycles. The van der Waals surface area contributed by atoms with Gasteiger partial charge in [-0.3, -0.25) is 0 Å². The highest BCUT2D eigenvalue weighted by atomic mass is 19.4. The number of nitriles is 4. The molecule has 0 aromatic heterocycles. The second kappa shape index (κ2) is 12.1. The first kappa shape index (κ1) is 36.7. The van der Waals surface area contributed by atoms with E-state index < -0.39 is 138 Å². The summed E-state index contributed by atoms with van der Waals surface area (Å²) in [5, 5.41) is 32.1. The highest BCUT2D eigenvalue weighted by molar-refractivity contribution is 5.80. The van der Waals surface area contributed by atoms with Gasteiger partial charge >= 0.3 is 24.7 Å². The Morgan fingerprint density at radius 3 is 0.771 bits per heavy atom. The fourth-order valence-electron chi connectivity index (χ4n) is 4.31.